The molecule has 8 nitrogen and oxygen atoms in total. The van der Waals surface area contributed by atoms with Gasteiger partial charge in [-0.2, -0.15) is 4.98 Å². The molecule has 0 unspecified atom stereocenters. The van der Waals surface area contributed by atoms with E-state index in [9.17, 15) is 0 Å². The lowest BCUT2D eigenvalue weighted by atomic mass is 10.1. The minimum absolute atomic E-state index is 0.153. The fourth-order valence-electron chi connectivity index (χ4n) is 2.62. The van der Waals surface area contributed by atoms with E-state index in [1.807, 2.05) is 12.1 Å². The first-order chi connectivity index (χ1) is 11.6. The van der Waals surface area contributed by atoms with E-state index in [4.69, 9.17) is 24.7 Å². The fraction of sp³-hybridized carbons (Fsp3) is 0.250. The Morgan fingerprint density at radius 3 is 2.12 bits per heavy atom. The third-order valence-electron chi connectivity index (χ3n) is 3.66. The van der Waals surface area contributed by atoms with Crippen LogP contribution in [0.2, 0.25) is 0 Å². The Balaban J connectivity index is 2.32. The van der Waals surface area contributed by atoms with Crippen molar-refractivity contribution in [2.75, 3.05) is 34.2 Å². The summed E-state index contributed by atoms with van der Waals surface area (Å²) in [5.74, 6) is 2.32. The standard InChI is InChI=1S/C16H18N4O4/c1-21-11-7-5-9(13(23-3)14(11)24-4)10-6-8-12(22-2)15-18-16(17)19-20(10)15/h5-8H,1-4H3,(H2,17,19). The molecule has 0 spiro atoms. The molecule has 1 aromatic carbocycles. The topological polar surface area (TPSA) is 93.1 Å². The molecule has 0 bridgehead atoms. The fourth-order valence-corrected chi connectivity index (χ4v) is 2.62. The highest BCUT2D eigenvalue weighted by atomic mass is 16.5. The summed E-state index contributed by atoms with van der Waals surface area (Å²) >= 11 is 0. The average Bonchev–Trinajstić information content (AvgIpc) is 3.00. The highest BCUT2D eigenvalue weighted by Gasteiger charge is 2.20. The predicted octanol–water partition coefficient (Wildman–Crippen LogP) is 2.01. The Morgan fingerprint density at radius 1 is 0.833 bits per heavy atom. The quantitative estimate of drug-likeness (QED) is 0.765. The molecule has 0 aliphatic carbocycles. The van der Waals surface area contributed by atoms with E-state index in [1.165, 1.54) is 0 Å². The van der Waals surface area contributed by atoms with Crippen LogP contribution in [0.5, 0.6) is 23.0 Å². The summed E-state index contributed by atoms with van der Waals surface area (Å²) in [6, 6.07) is 7.31. The second-order valence-corrected chi connectivity index (χ2v) is 4.87. The minimum Gasteiger partial charge on any atom is -0.493 e. The van der Waals surface area contributed by atoms with Gasteiger partial charge < -0.3 is 24.7 Å². The van der Waals surface area contributed by atoms with Crippen LogP contribution >= 0.6 is 0 Å². The number of methoxy groups -OCH3 is 4. The van der Waals surface area contributed by atoms with E-state index >= 15 is 0 Å². The summed E-state index contributed by atoms with van der Waals surface area (Å²) in [6.07, 6.45) is 0. The Labute approximate surface area is 138 Å². The first-order valence-corrected chi connectivity index (χ1v) is 7.13. The number of rotatable bonds is 5. The molecule has 0 saturated carbocycles. The maximum absolute atomic E-state index is 5.76. The third-order valence-corrected chi connectivity index (χ3v) is 3.66. The van der Waals surface area contributed by atoms with Crippen LogP contribution in [0.25, 0.3) is 16.9 Å². The summed E-state index contributed by atoms with van der Waals surface area (Å²) < 4.78 is 23.2. The van der Waals surface area contributed by atoms with Crippen molar-refractivity contribution in [2.45, 2.75) is 0 Å². The molecule has 0 amide bonds. The van der Waals surface area contributed by atoms with Gasteiger partial charge in [0, 0.05) is 5.56 Å². The van der Waals surface area contributed by atoms with Crippen LogP contribution in [0, 0.1) is 0 Å². The molecule has 0 saturated heterocycles. The van der Waals surface area contributed by atoms with Crippen LogP contribution in [0.1, 0.15) is 0 Å². The number of pyridine rings is 1. The van der Waals surface area contributed by atoms with Crippen LogP contribution < -0.4 is 24.7 Å². The van der Waals surface area contributed by atoms with E-state index < -0.39 is 0 Å². The molecule has 2 heterocycles. The monoisotopic (exact) mass is 330 g/mol. The predicted molar refractivity (Wildman–Crippen MR) is 89.0 cm³/mol. The zero-order chi connectivity index (χ0) is 17.3. The largest absolute Gasteiger partial charge is 0.493 e. The summed E-state index contributed by atoms with van der Waals surface area (Å²) in [5, 5.41) is 4.25. The molecular formula is C16H18N4O4. The van der Waals surface area contributed by atoms with E-state index in [0.717, 1.165) is 11.3 Å². The van der Waals surface area contributed by atoms with Crippen molar-refractivity contribution in [1.82, 2.24) is 14.6 Å². The van der Waals surface area contributed by atoms with Crippen molar-refractivity contribution >= 4 is 11.6 Å². The van der Waals surface area contributed by atoms with E-state index in [1.54, 1.807) is 45.1 Å². The Bertz CT molecular complexity index is 891. The molecule has 0 fully saturated rings. The van der Waals surface area contributed by atoms with Gasteiger partial charge in [-0.15, -0.1) is 5.10 Å². The van der Waals surface area contributed by atoms with Crippen molar-refractivity contribution < 1.29 is 18.9 Å². The smallest absolute Gasteiger partial charge is 0.240 e. The maximum atomic E-state index is 5.76. The number of ether oxygens (including phenoxy) is 4. The van der Waals surface area contributed by atoms with Gasteiger partial charge in [-0.1, -0.05) is 0 Å². The number of hydrogen-bond donors (Lipinski definition) is 1. The normalized spacial score (nSPS) is 10.7. The second-order valence-electron chi connectivity index (χ2n) is 4.87. The van der Waals surface area contributed by atoms with Crippen LogP contribution in [-0.4, -0.2) is 43.0 Å². The molecule has 8 heteroatoms. The van der Waals surface area contributed by atoms with Gasteiger partial charge in [-0.25, -0.2) is 4.52 Å². The lowest BCUT2D eigenvalue weighted by molar-refractivity contribution is 0.325. The molecule has 2 aromatic heterocycles. The summed E-state index contributed by atoms with van der Waals surface area (Å²) in [6.45, 7) is 0. The van der Waals surface area contributed by atoms with Gasteiger partial charge in [0.25, 0.3) is 0 Å². The van der Waals surface area contributed by atoms with Crippen molar-refractivity contribution in [2.24, 2.45) is 0 Å². The van der Waals surface area contributed by atoms with Crippen LogP contribution in [-0.2, 0) is 0 Å². The zero-order valence-electron chi connectivity index (χ0n) is 13.9. The lowest BCUT2D eigenvalue weighted by Gasteiger charge is -2.16. The number of anilines is 1. The molecule has 0 radical (unpaired) electrons. The van der Waals surface area contributed by atoms with E-state index in [-0.39, 0.29) is 5.95 Å². The summed E-state index contributed by atoms with van der Waals surface area (Å²) in [5.41, 5.74) is 7.76. The molecule has 24 heavy (non-hydrogen) atoms. The number of nitrogen functional groups attached to an aromatic ring is 1. The van der Waals surface area contributed by atoms with Crippen LogP contribution in [0.15, 0.2) is 24.3 Å². The first kappa shape index (κ1) is 15.7. The Kier molecular flexibility index (Phi) is 4.03. The number of aromatic nitrogens is 3. The zero-order valence-corrected chi connectivity index (χ0v) is 13.9. The molecule has 3 rings (SSSR count). The molecule has 126 valence electrons. The second kappa shape index (κ2) is 6.15. The van der Waals surface area contributed by atoms with Crippen molar-refractivity contribution in [3.8, 4) is 34.3 Å². The highest BCUT2D eigenvalue weighted by molar-refractivity contribution is 5.77. The van der Waals surface area contributed by atoms with Gasteiger partial charge in [0.2, 0.25) is 11.7 Å². The van der Waals surface area contributed by atoms with E-state index in [2.05, 4.69) is 10.1 Å². The molecule has 3 aromatic rings. The molecule has 0 aliphatic heterocycles. The summed E-state index contributed by atoms with van der Waals surface area (Å²) in [4.78, 5) is 4.21. The minimum atomic E-state index is 0.153. The Morgan fingerprint density at radius 2 is 1.50 bits per heavy atom. The van der Waals surface area contributed by atoms with Crippen molar-refractivity contribution in [3.63, 3.8) is 0 Å². The third kappa shape index (κ3) is 2.32. The number of hydrogen-bond acceptors (Lipinski definition) is 7. The molecule has 2 N–H and O–H groups in total. The first-order valence-electron chi connectivity index (χ1n) is 7.13. The molecule has 0 atom stereocenters. The van der Waals surface area contributed by atoms with Gasteiger partial charge in [0.05, 0.1) is 34.1 Å². The number of fused-ring (bicyclic) bond motifs is 1. The van der Waals surface area contributed by atoms with Crippen LogP contribution in [0.4, 0.5) is 5.95 Å². The van der Waals surface area contributed by atoms with E-state index in [0.29, 0.717) is 28.6 Å². The summed E-state index contributed by atoms with van der Waals surface area (Å²) in [7, 11) is 6.26. The SMILES string of the molecule is COc1ccc(-c2ccc(OC)c3nc(N)nn23)c(OC)c1OC. The van der Waals surface area contributed by atoms with Gasteiger partial charge >= 0.3 is 0 Å². The van der Waals surface area contributed by atoms with Crippen LogP contribution in [0.3, 0.4) is 0 Å². The maximum Gasteiger partial charge on any atom is 0.240 e. The number of nitrogens with two attached hydrogens (primary N) is 1. The van der Waals surface area contributed by atoms with Gasteiger partial charge in [0.15, 0.2) is 22.9 Å². The Hall–Kier alpha value is -3.16. The average molecular weight is 330 g/mol. The number of nitrogens with zero attached hydrogens (tertiary/aromatic N) is 3. The van der Waals surface area contributed by atoms with Gasteiger partial charge in [-0.05, 0) is 24.3 Å². The number of benzene rings is 1. The highest BCUT2D eigenvalue weighted by Crippen LogP contribution is 2.44. The van der Waals surface area contributed by atoms with Crippen molar-refractivity contribution in [1.29, 1.82) is 0 Å². The lowest BCUT2D eigenvalue weighted by Crippen LogP contribution is -2.01. The van der Waals surface area contributed by atoms with Crippen molar-refractivity contribution in [3.05, 3.63) is 24.3 Å². The molecule has 0 aliphatic rings. The van der Waals surface area contributed by atoms with Gasteiger partial charge in [-0.3, -0.25) is 0 Å². The molecular weight excluding hydrogens is 312 g/mol. The van der Waals surface area contributed by atoms with Gasteiger partial charge in [0.1, 0.15) is 0 Å².